The lowest BCUT2D eigenvalue weighted by Gasteiger charge is -2.36. The third kappa shape index (κ3) is 4.05. The van der Waals surface area contributed by atoms with Crippen molar-refractivity contribution in [2.24, 2.45) is 0 Å². The van der Waals surface area contributed by atoms with E-state index in [1.807, 2.05) is 6.20 Å². The van der Waals surface area contributed by atoms with Gasteiger partial charge < -0.3 is 14.4 Å². The molecule has 0 saturated carbocycles. The van der Waals surface area contributed by atoms with Gasteiger partial charge in [0.2, 0.25) is 0 Å². The Morgan fingerprint density at radius 3 is 2.44 bits per heavy atom. The highest BCUT2D eigenvalue weighted by atomic mass is 32.1. The van der Waals surface area contributed by atoms with Crippen LogP contribution in [0.2, 0.25) is 0 Å². The Bertz CT molecular complexity index is 700. The van der Waals surface area contributed by atoms with Gasteiger partial charge in [0, 0.05) is 43.9 Å². The molecule has 0 spiro atoms. The second-order valence-electron chi connectivity index (χ2n) is 8.00. The second-order valence-corrected chi connectivity index (χ2v) is 8.90. The fraction of sp³-hybridized carbons (Fsp3) is 0.591. The Morgan fingerprint density at radius 1 is 1.15 bits per heavy atom. The highest BCUT2D eigenvalue weighted by molar-refractivity contribution is 7.09. The quantitative estimate of drug-likeness (QED) is 0.758. The summed E-state index contributed by atoms with van der Waals surface area (Å²) in [4.78, 5) is 7.19. The van der Waals surface area contributed by atoms with Gasteiger partial charge in [-0.05, 0) is 57.2 Å². The van der Waals surface area contributed by atoms with Crippen LogP contribution in [0.15, 0.2) is 35.8 Å². The third-order valence-corrected chi connectivity index (χ3v) is 7.08. The first kappa shape index (κ1) is 18.9. The van der Waals surface area contributed by atoms with Gasteiger partial charge in [0.15, 0.2) is 0 Å². The van der Waals surface area contributed by atoms with Crippen LogP contribution in [0.4, 0.5) is 0 Å². The lowest BCUT2D eigenvalue weighted by atomic mass is 9.74. The molecule has 0 unspecified atom stereocenters. The molecule has 2 aromatic rings. The average Bonchev–Trinajstić information content (AvgIpc) is 3.25. The van der Waals surface area contributed by atoms with Gasteiger partial charge in [-0.2, -0.15) is 0 Å². The van der Waals surface area contributed by atoms with Crippen LogP contribution in [-0.4, -0.2) is 48.3 Å². The Balaban J connectivity index is 1.45. The minimum absolute atomic E-state index is 0.00640. The molecule has 4 rings (SSSR count). The van der Waals surface area contributed by atoms with E-state index in [2.05, 4.69) is 53.4 Å². The van der Waals surface area contributed by atoms with Crippen LogP contribution in [-0.2, 0) is 10.2 Å². The van der Waals surface area contributed by atoms with E-state index < -0.39 is 0 Å². The van der Waals surface area contributed by atoms with Crippen LogP contribution in [0, 0.1) is 0 Å². The molecule has 5 heteroatoms. The Kier molecular flexibility index (Phi) is 5.81. The summed E-state index contributed by atoms with van der Waals surface area (Å²) >= 11 is 1.76. The van der Waals surface area contributed by atoms with Crippen LogP contribution < -0.4 is 4.74 Å². The number of ether oxygens (including phenoxy) is 2. The molecule has 4 nitrogen and oxygen atoms in total. The van der Waals surface area contributed by atoms with E-state index in [9.17, 15) is 0 Å². The van der Waals surface area contributed by atoms with E-state index in [-0.39, 0.29) is 5.41 Å². The van der Waals surface area contributed by atoms with Crippen LogP contribution >= 0.6 is 11.3 Å². The first-order chi connectivity index (χ1) is 13.2. The van der Waals surface area contributed by atoms with E-state index in [4.69, 9.17) is 9.47 Å². The van der Waals surface area contributed by atoms with Gasteiger partial charge in [0.1, 0.15) is 16.9 Å². The smallest absolute Gasteiger partial charge is 0.119 e. The van der Waals surface area contributed by atoms with Crippen molar-refractivity contribution in [3.63, 3.8) is 0 Å². The van der Waals surface area contributed by atoms with Crippen molar-refractivity contribution in [2.75, 3.05) is 26.3 Å². The summed E-state index contributed by atoms with van der Waals surface area (Å²) in [6.07, 6.45) is 6.46. The van der Waals surface area contributed by atoms with Gasteiger partial charge >= 0.3 is 0 Å². The van der Waals surface area contributed by atoms with Crippen molar-refractivity contribution in [2.45, 2.75) is 57.1 Å². The first-order valence-electron chi connectivity index (χ1n) is 10.2. The summed E-state index contributed by atoms with van der Waals surface area (Å²) in [7, 11) is 0. The van der Waals surface area contributed by atoms with Gasteiger partial charge in [-0.1, -0.05) is 12.1 Å². The lowest BCUT2D eigenvalue weighted by molar-refractivity contribution is 0.0629. The van der Waals surface area contributed by atoms with Crippen LogP contribution in [0.5, 0.6) is 5.75 Å². The molecule has 0 aliphatic carbocycles. The first-order valence-corrected chi connectivity index (χ1v) is 11.0. The van der Waals surface area contributed by atoms with Crippen molar-refractivity contribution in [1.82, 2.24) is 9.88 Å². The highest BCUT2D eigenvalue weighted by Gasteiger charge is 2.38. The minimum atomic E-state index is -0.00640. The maximum Gasteiger partial charge on any atom is 0.119 e. The number of hydrogen-bond donors (Lipinski definition) is 0. The van der Waals surface area contributed by atoms with Gasteiger partial charge in [-0.25, -0.2) is 4.98 Å². The largest absolute Gasteiger partial charge is 0.490 e. The van der Waals surface area contributed by atoms with Crippen molar-refractivity contribution in [3.05, 3.63) is 46.4 Å². The molecule has 27 heavy (non-hydrogen) atoms. The van der Waals surface area contributed by atoms with Gasteiger partial charge in [0.05, 0.1) is 5.41 Å². The number of aromatic nitrogens is 1. The normalized spacial score (nSPS) is 21.4. The van der Waals surface area contributed by atoms with Crippen LogP contribution in [0.1, 0.15) is 50.1 Å². The van der Waals surface area contributed by atoms with E-state index in [0.29, 0.717) is 12.1 Å². The topological polar surface area (TPSA) is 34.6 Å². The van der Waals surface area contributed by atoms with E-state index in [1.54, 1.807) is 11.3 Å². The molecule has 0 atom stereocenters. The molecule has 2 aliphatic rings. The van der Waals surface area contributed by atoms with E-state index >= 15 is 0 Å². The third-order valence-electron chi connectivity index (χ3n) is 6.10. The zero-order valence-corrected chi connectivity index (χ0v) is 17.2. The molecular formula is C22H30N2O2S. The van der Waals surface area contributed by atoms with E-state index in [0.717, 1.165) is 57.7 Å². The molecule has 1 aromatic carbocycles. The van der Waals surface area contributed by atoms with Crippen molar-refractivity contribution in [3.8, 4) is 5.75 Å². The summed E-state index contributed by atoms with van der Waals surface area (Å²) in [5.41, 5.74) is 1.33. The second kappa shape index (κ2) is 8.29. The number of piperidine rings is 1. The van der Waals surface area contributed by atoms with Crippen molar-refractivity contribution < 1.29 is 9.47 Å². The van der Waals surface area contributed by atoms with E-state index in [1.165, 1.54) is 10.6 Å². The Labute approximate surface area is 166 Å². The van der Waals surface area contributed by atoms with Crippen molar-refractivity contribution in [1.29, 1.82) is 0 Å². The lowest BCUT2D eigenvalue weighted by Crippen LogP contribution is -2.41. The number of likely N-dealkylation sites (tertiary alicyclic amines) is 1. The summed E-state index contributed by atoms with van der Waals surface area (Å²) < 4.78 is 11.9. The maximum atomic E-state index is 6.28. The van der Waals surface area contributed by atoms with Crippen LogP contribution in [0.3, 0.4) is 0 Å². The molecular weight excluding hydrogens is 356 g/mol. The summed E-state index contributed by atoms with van der Waals surface area (Å²) in [6.45, 7) is 8.41. The molecule has 0 radical (unpaired) electrons. The predicted octanol–water partition coefficient (Wildman–Crippen LogP) is 4.49. The van der Waals surface area contributed by atoms with Gasteiger partial charge in [-0.15, -0.1) is 11.3 Å². The SMILES string of the molecule is CC(C)N1CCC(Oc2ccc(C3(c4nccs4)CCOCC3)cc2)CC1. The fourth-order valence-electron chi connectivity index (χ4n) is 4.36. The zero-order valence-electron chi connectivity index (χ0n) is 16.4. The predicted molar refractivity (Wildman–Crippen MR) is 110 cm³/mol. The van der Waals surface area contributed by atoms with Gasteiger partial charge in [-0.3, -0.25) is 0 Å². The number of rotatable bonds is 5. The number of thiazole rings is 1. The summed E-state index contributed by atoms with van der Waals surface area (Å²) in [6, 6.07) is 9.41. The highest BCUT2D eigenvalue weighted by Crippen LogP contribution is 2.42. The Morgan fingerprint density at radius 2 is 1.85 bits per heavy atom. The average molecular weight is 387 g/mol. The van der Waals surface area contributed by atoms with Gasteiger partial charge in [0.25, 0.3) is 0 Å². The zero-order chi connectivity index (χ0) is 18.7. The molecule has 0 amide bonds. The number of nitrogens with zero attached hydrogens (tertiary/aromatic N) is 2. The molecule has 2 aliphatic heterocycles. The standard InChI is InChI=1S/C22H30N2O2S/c1-17(2)24-12-7-20(8-13-24)26-19-5-3-18(4-6-19)22(9-14-25-15-10-22)21-23-11-16-27-21/h3-6,11,16-17,20H,7-10,12-15H2,1-2H3. The number of benzene rings is 1. The molecule has 1 aromatic heterocycles. The maximum absolute atomic E-state index is 6.28. The molecule has 3 heterocycles. The van der Waals surface area contributed by atoms with Crippen molar-refractivity contribution >= 4 is 11.3 Å². The van der Waals surface area contributed by atoms with Crippen LogP contribution in [0.25, 0.3) is 0 Å². The summed E-state index contributed by atoms with van der Waals surface area (Å²) in [5.74, 6) is 0.989. The Hall–Kier alpha value is -1.43. The molecule has 0 N–H and O–H groups in total. The fourth-order valence-corrected chi connectivity index (χ4v) is 5.28. The molecule has 0 bridgehead atoms. The summed E-state index contributed by atoms with van der Waals surface area (Å²) in [5, 5.41) is 3.29. The monoisotopic (exact) mass is 386 g/mol. The number of hydrogen-bond acceptors (Lipinski definition) is 5. The molecule has 2 fully saturated rings. The molecule has 146 valence electrons. The minimum Gasteiger partial charge on any atom is -0.490 e. The molecule has 2 saturated heterocycles.